The number of halogens is 5. The van der Waals surface area contributed by atoms with E-state index in [1.807, 2.05) is 6.08 Å². The van der Waals surface area contributed by atoms with Crippen molar-refractivity contribution in [2.24, 2.45) is 0 Å². The Morgan fingerprint density at radius 2 is 1.69 bits per heavy atom. The SMILES string of the molecule is O=S(=O)(Nc1cc(Cl)ccc1CC=C1CCC(F)(F)CC1)c1ccc(Cl)c(Cl)c1. The van der Waals surface area contributed by atoms with Gasteiger partial charge >= 0.3 is 0 Å². The summed E-state index contributed by atoms with van der Waals surface area (Å²) in [5.74, 6) is -2.60. The smallest absolute Gasteiger partial charge is 0.261 e. The highest BCUT2D eigenvalue weighted by molar-refractivity contribution is 7.92. The summed E-state index contributed by atoms with van der Waals surface area (Å²) in [5, 5.41) is 0.740. The topological polar surface area (TPSA) is 46.2 Å². The molecule has 0 bridgehead atoms. The fraction of sp³-hybridized carbons (Fsp3) is 0.300. The molecule has 1 aliphatic rings. The Kier molecular flexibility index (Phi) is 6.78. The number of nitrogens with one attached hydrogen (secondary N) is 1. The van der Waals surface area contributed by atoms with Crippen molar-refractivity contribution in [2.75, 3.05) is 4.72 Å². The van der Waals surface area contributed by atoms with Gasteiger partial charge in [-0.05, 0) is 55.2 Å². The molecule has 1 saturated carbocycles. The first kappa shape index (κ1) is 22.3. The Balaban J connectivity index is 1.82. The summed E-state index contributed by atoms with van der Waals surface area (Å²) in [7, 11) is -3.92. The minimum Gasteiger partial charge on any atom is -0.279 e. The number of alkyl halides is 2. The standard InChI is InChI=1S/C20H18Cl3F2NO2S/c21-15-4-3-14(2-1-13-7-9-20(24,25)10-8-13)19(11-15)26-29(27,28)16-5-6-17(22)18(23)12-16/h1,3-6,11-12,26H,2,7-10H2. The number of hydrogen-bond acceptors (Lipinski definition) is 2. The summed E-state index contributed by atoms with van der Waals surface area (Å²) >= 11 is 17.8. The van der Waals surface area contributed by atoms with Gasteiger partial charge in [-0.15, -0.1) is 0 Å². The van der Waals surface area contributed by atoms with E-state index in [0.29, 0.717) is 35.5 Å². The number of allylic oxidation sites excluding steroid dienone is 2. The molecule has 0 atom stereocenters. The molecule has 3 nitrogen and oxygen atoms in total. The second-order valence-corrected chi connectivity index (χ2v) is 9.84. The third-order valence-corrected chi connectivity index (χ3v) is 7.09. The molecule has 3 rings (SSSR count). The van der Waals surface area contributed by atoms with Gasteiger partial charge in [-0.2, -0.15) is 0 Å². The summed E-state index contributed by atoms with van der Waals surface area (Å²) in [4.78, 5) is -0.0364. The Morgan fingerprint density at radius 3 is 2.34 bits per heavy atom. The summed E-state index contributed by atoms with van der Waals surface area (Å²) in [6, 6.07) is 8.90. The highest BCUT2D eigenvalue weighted by atomic mass is 35.5. The number of anilines is 1. The zero-order valence-corrected chi connectivity index (χ0v) is 18.3. The molecular weight excluding hydrogens is 463 g/mol. The zero-order valence-electron chi connectivity index (χ0n) is 15.2. The molecule has 1 N–H and O–H groups in total. The Morgan fingerprint density at radius 1 is 1.00 bits per heavy atom. The Labute approximate surface area is 183 Å². The van der Waals surface area contributed by atoms with Gasteiger partial charge in [0.2, 0.25) is 5.92 Å². The predicted molar refractivity (Wildman–Crippen MR) is 114 cm³/mol. The molecule has 1 fully saturated rings. The van der Waals surface area contributed by atoms with E-state index >= 15 is 0 Å². The van der Waals surface area contributed by atoms with Gasteiger partial charge < -0.3 is 0 Å². The van der Waals surface area contributed by atoms with Crippen LogP contribution in [-0.4, -0.2) is 14.3 Å². The van der Waals surface area contributed by atoms with E-state index < -0.39 is 15.9 Å². The largest absolute Gasteiger partial charge is 0.279 e. The van der Waals surface area contributed by atoms with Crippen LogP contribution in [-0.2, 0) is 16.4 Å². The molecule has 0 saturated heterocycles. The summed E-state index contributed by atoms with van der Waals surface area (Å²) < 4.78 is 54.7. The van der Waals surface area contributed by atoms with Crippen LogP contribution in [0.25, 0.3) is 0 Å². The highest BCUT2D eigenvalue weighted by Crippen LogP contribution is 2.36. The molecule has 2 aromatic rings. The second-order valence-electron chi connectivity index (χ2n) is 6.91. The van der Waals surface area contributed by atoms with E-state index in [1.54, 1.807) is 12.1 Å². The van der Waals surface area contributed by atoms with E-state index in [2.05, 4.69) is 4.72 Å². The van der Waals surface area contributed by atoms with Crippen LogP contribution >= 0.6 is 34.8 Å². The van der Waals surface area contributed by atoms with E-state index in [1.165, 1.54) is 24.3 Å². The van der Waals surface area contributed by atoms with Crippen molar-refractivity contribution in [1.82, 2.24) is 0 Å². The number of hydrogen-bond donors (Lipinski definition) is 1. The van der Waals surface area contributed by atoms with E-state index in [4.69, 9.17) is 34.8 Å². The lowest BCUT2D eigenvalue weighted by Crippen LogP contribution is -2.20. The maximum Gasteiger partial charge on any atom is 0.261 e. The molecule has 0 spiro atoms. The third kappa shape index (κ3) is 5.85. The fourth-order valence-electron chi connectivity index (χ4n) is 3.06. The number of sulfonamides is 1. The van der Waals surface area contributed by atoms with Crippen LogP contribution in [0.2, 0.25) is 15.1 Å². The van der Waals surface area contributed by atoms with Crippen LogP contribution in [0.4, 0.5) is 14.5 Å². The Hall–Kier alpha value is -1.34. The molecule has 0 unspecified atom stereocenters. The van der Waals surface area contributed by atoms with Gasteiger partial charge in [0.1, 0.15) is 0 Å². The van der Waals surface area contributed by atoms with Crippen LogP contribution in [0.15, 0.2) is 52.9 Å². The zero-order chi connectivity index (χ0) is 21.2. The molecule has 9 heteroatoms. The molecule has 0 aliphatic heterocycles. The van der Waals surface area contributed by atoms with Crippen molar-refractivity contribution in [1.29, 1.82) is 0 Å². The predicted octanol–water partition coefficient (Wildman–Crippen LogP) is 7.13. The van der Waals surface area contributed by atoms with Gasteiger partial charge in [0.15, 0.2) is 0 Å². The van der Waals surface area contributed by atoms with Gasteiger partial charge in [-0.25, -0.2) is 17.2 Å². The quantitative estimate of drug-likeness (QED) is 0.463. The molecule has 0 amide bonds. The van der Waals surface area contributed by atoms with Gasteiger partial charge in [0, 0.05) is 17.9 Å². The molecule has 29 heavy (non-hydrogen) atoms. The molecule has 1 aliphatic carbocycles. The average Bonchev–Trinajstić information content (AvgIpc) is 2.64. The fourth-order valence-corrected chi connectivity index (χ4v) is 4.72. The van der Waals surface area contributed by atoms with Gasteiger partial charge in [-0.1, -0.05) is 52.5 Å². The summed E-state index contributed by atoms with van der Waals surface area (Å²) in [5.41, 5.74) is 1.95. The van der Waals surface area contributed by atoms with Crippen LogP contribution in [0.3, 0.4) is 0 Å². The minimum atomic E-state index is -3.92. The van der Waals surface area contributed by atoms with Crippen molar-refractivity contribution in [3.05, 3.63) is 68.7 Å². The highest BCUT2D eigenvalue weighted by Gasteiger charge is 2.32. The van der Waals surface area contributed by atoms with Crippen molar-refractivity contribution in [3.8, 4) is 0 Å². The van der Waals surface area contributed by atoms with Gasteiger partial charge in [-0.3, -0.25) is 4.72 Å². The number of benzene rings is 2. The molecule has 0 radical (unpaired) electrons. The first-order valence-corrected chi connectivity index (χ1v) is 11.5. The first-order chi connectivity index (χ1) is 13.6. The molecule has 0 heterocycles. The van der Waals surface area contributed by atoms with Crippen LogP contribution in [0.1, 0.15) is 31.2 Å². The summed E-state index contributed by atoms with van der Waals surface area (Å²) in [6.07, 6.45) is 2.65. The molecule has 156 valence electrons. The van der Waals surface area contributed by atoms with Crippen molar-refractivity contribution in [2.45, 2.75) is 42.9 Å². The van der Waals surface area contributed by atoms with Gasteiger partial charge in [0.25, 0.3) is 10.0 Å². The van der Waals surface area contributed by atoms with Crippen LogP contribution in [0.5, 0.6) is 0 Å². The van der Waals surface area contributed by atoms with E-state index in [0.717, 1.165) is 5.57 Å². The van der Waals surface area contributed by atoms with Crippen LogP contribution < -0.4 is 4.72 Å². The van der Waals surface area contributed by atoms with Gasteiger partial charge in [0.05, 0.1) is 20.6 Å². The summed E-state index contributed by atoms with van der Waals surface area (Å²) in [6.45, 7) is 0. The number of rotatable bonds is 5. The third-order valence-electron chi connectivity index (χ3n) is 4.75. The van der Waals surface area contributed by atoms with E-state index in [-0.39, 0.29) is 27.8 Å². The van der Waals surface area contributed by atoms with Crippen molar-refractivity contribution in [3.63, 3.8) is 0 Å². The molecule has 0 aromatic heterocycles. The van der Waals surface area contributed by atoms with E-state index in [9.17, 15) is 17.2 Å². The molecular formula is C20H18Cl3F2NO2S. The first-order valence-electron chi connectivity index (χ1n) is 8.88. The lowest BCUT2D eigenvalue weighted by molar-refractivity contribution is -0.0246. The second kappa shape index (κ2) is 8.80. The lowest BCUT2D eigenvalue weighted by atomic mass is 9.90. The maximum absolute atomic E-state index is 13.3. The average molecular weight is 481 g/mol. The lowest BCUT2D eigenvalue weighted by Gasteiger charge is -2.23. The minimum absolute atomic E-state index is 0.0364. The van der Waals surface area contributed by atoms with Crippen LogP contribution in [0, 0.1) is 0 Å². The monoisotopic (exact) mass is 479 g/mol. The van der Waals surface area contributed by atoms with Crippen molar-refractivity contribution < 1.29 is 17.2 Å². The maximum atomic E-state index is 13.3. The normalized spacial score (nSPS) is 16.5. The Bertz CT molecular complexity index is 1040. The van der Waals surface area contributed by atoms with Crippen molar-refractivity contribution >= 4 is 50.5 Å². The molecule has 2 aromatic carbocycles.